The SMILES string of the molecule is O=C(Nc1ccnc(OCCO)n1)N1c2nc(-c3cccc(C(F)(F)F)c3)ccc2N2CC[C@H]1C2. The van der Waals surface area contributed by atoms with Crippen LogP contribution in [0.25, 0.3) is 11.3 Å². The van der Waals surface area contributed by atoms with Gasteiger partial charge in [0.2, 0.25) is 0 Å². The Balaban J connectivity index is 1.47. The number of alkyl halides is 3. The molecule has 0 radical (unpaired) electrons. The Bertz CT molecular complexity index is 1260. The van der Waals surface area contributed by atoms with Crippen molar-refractivity contribution >= 4 is 23.4 Å². The molecule has 3 aromatic rings. The highest BCUT2D eigenvalue weighted by atomic mass is 19.4. The third-order valence-corrected chi connectivity index (χ3v) is 5.85. The van der Waals surface area contributed by atoms with Gasteiger partial charge in [0.25, 0.3) is 0 Å². The molecule has 2 N–H and O–H groups in total. The van der Waals surface area contributed by atoms with Crippen LogP contribution < -0.4 is 19.9 Å². The van der Waals surface area contributed by atoms with Crippen molar-refractivity contribution in [1.29, 1.82) is 0 Å². The van der Waals surface area contributed by atoms with Crippen LogP contribution in [0.5, 0.6) is 6.01 Å². The van der Waals surface area contributed by atoms with E-state index in [-0.39, 0.29) is 31.1 Å². The molecule has 0 saturated carbocycles. The van der Waals surface area contributed by atoms with Crippen molar-refractivity contribution in [2.45, 2.75) is 18.6 Å². The Morgan fingerprint density at radius 2 is 2.06 bits per heavy atom. The summed E-state index contributed by atoms with van der Waals surface area (Å²) in [4.78, 5) is 29.7. The Morgan fingerprint density at radius 1 is 1.20 bits per heavy atom. The van der Waals surface area contributed by atoms with Crippen LogP contribution in [0.2, 0.25) is 0 Å². The van der Waals surface area contributed by atoms with Crippen molar-refractivity contribution in [1.82, 2.24) is 15.0 Å². The van der Waals surface area contributed by atoms with E-state index in [0.29, 0.717) is 23.6 Å². The number of carbonyl (C=O) groups excluding carboxylic acids is 1. The minimum atomic E-state index is -4.47. The summed E-state index contributed by atoms with van der Waals surface area (Å²) in [7, 11) is 0. The number of ether oxygens (including phenoxy) is 1. The van der Waals surface area contributed by atoms with Gasteiger partial charge in [-0.05, 0) is 36.8 Å². The van der Waals surface area contributed by atoms with Gasteiger partial charge in [-0.15, -0.1) is 0 Å². The van der Waals surface area contributed by atoms with Crippen molar-refractivity contribution < 1.29 is 27.8 Å². The minimum absolute atomic E-state index is 0.00731. The smallest absolute Gasteiger partial charge is 0.416 e. The zero-order chi connectivity index (χ0) is 24.6. The van der Waals surface area contributed by atoms with E-state index in [1.54, 1.807) is 18.2 Å². The minimum Gasteiger partial charge on any atom is -0.461 e. The van der Waals surface area contributed by atoms with Crippen LogP contribution in [0.1, 0.15) is 12.0 Å². The van der Waals surface area contributed by atoms with Crippen molar-refractivity contribution in [3.63, 3.8) is 0 Å². The number of hydrogen-bond donors (Lipinski definition) is 2. The molecule has 1 aromatic carbocycles. The van der Waals surface area contributed by atoms with Gasteiger partial charge >= 0.3 is 18.2 Å². The van der Waals surface area contributed by atoms with Crippen LogP contribution in [-0.4, -0.2) is 58.4 Å². The van der Waals surface area contributed by atoms with Gasteiger partial charge < -0.3 is 14.7 Å². The predicted molar refractivity (Wildman–Crippen MR) is 121 cm³/mol. The molecular formula is C23H21F3N6O3. The first-order valence-corrected chi connectivity index (χ1v) is 10.9. The Hall–Kier alpha value is -3.93. The lowest BCUT2D eigenvalue weighted by atomic mass is 10.1. The normalized spacial score (nSPS) is 16.7. The largest absolute Gasteiger partial charge is 0.461 e. The summed E-state index contributed by atoms with van der Waals surface area (Å²) in [6.45, 7) is 1.16. The molecular weight excluding hydrogens is 465 g/mol. The number of rotatable bonds is 5. The molecule has 1 atom stereocenters. The number of hydrogen-bond acceptors (Lipinski definition) is 7. The van der Waals surface area contributed by atoms with Crippen LogP contribution in [0.4, 0.5) is 35.3 Å². The van der Waals surface area contributed by atoms with E-state index in [1.807, 2.05) is 0 Å². The Labute approximate surface area is 198 Å². The van der Waals surface area contributed by atoms with Gasteiger partial charge in [-0.3, -0.25) is 10.2 Å². The van der Waals surface area contributed by atoms with Gasteiger partial charge in [0.1, 0.15) is 12.4 Å². The fourth-order valence-electron chi connectivity index (χ4n) is 4.27. The van der Waals surface area contributed by atoms with E-state index in [1.165, 1.54) is 23.2 Å². The molecule has 1 saturated heterocycles. The van der Waals surface area contributed by atoms with Gasteiger partial charge in [0.05, 0.1) is 29.6 Å². The zero-order valence-electron chi connectivity index (χ0n) is 18.4. The molecule has 0 aliphatic carbocycles. The highest BCUT2D eigenvalue weighted by Crippen LogP contribution is 2.41. The number of aliphatic hydroxyl groups excluding tert-OH is 1. The average molecular weight is 486 g/mol. The average Bonchev–Trinajstić information content (AvgIpc) is 3.26. The second kappa shape index (κ2) is 9.02. The summed E-state index contributed by atoms with van der Waals surface area (Å²) in [6.07, 6.45) is -2.34. The molecule has 2 aliphatic rings. The van der Waals surface area contributed by atoms with Crippen molar-refractivity contribution in [2.24, 2.45) is 0 Å². The quantitative estimate of drug-likeness (QED) is 0.568. The molecule has 2 amide bonds. The number of aromatic nitrogens is 3. The first-order valence-electron chi connectivity index (χ1n) is 10.9. The Kier molecular flexibility index (Phi) is 5.89. The molecule has 182 valence electrons. The maximum atomic E-state index is 13.3. The van der Waals surface area contributed by atoms with Crippen LogP contribution in [0, 0.1) is 0 Å². The highest BCUT2D eigenvalue weighted by molar-refractivity contribution is 6.04. The summed E-state index contributed by atoms with van der Waals surface area (Å²) >= 11 is 0. The number of carbonyl (C=O) groups is 1. The highest BCUT2D eigenvalue weighted by Gasteiger charge is 2.40. The van der Waals surface area contributed by atoms with Crippen molar-refractivity contribution in [2.75, 3.05) is 41.4 Å². The lowest BCUT2D eigenvalue weighted by molar-refractivity contribution is -0.137. The van der Waals surface area contributed by atoms with E-state index in [0.717, 1.165) is 30.8 Å². The summed E-state index contributed by atoms with van der Waals surface area (Å²) in [6, 6.07) is 9.28. The number of benzene rings is 1. The van der Waals surface area contributed by atoms with Gasteiger partial charge in [0, 0.05) is 24.8 Å². The fourth-order valence-corrected chi connectivity index (χ4v) is 4.27. The molecule has 5 rings (SSSR count). The molecule has 2 bridgehead atoms. The summed E-state index contributed by atoms with van der Waals surface area (Å²) in [5, 5.41) is 11.6. The second-order valence-electron chi connectivity index (χ2n) is 8.10. The molecule has 35 heavy (non-hydrogen) atoms. The van der Waals surface area contributed by atoms with Gasteiger partial charge in [-0.25, -0.2) is 14.8 Å². The molecule has 12 heteroatoms. The molecule has 2 aliphatic heterocycles. The van der Waals surface area contributed by atoms with E-state index < -0.39 is 17.8 Å². The molecule has 0 spiro atoms. The second-order valence-corrected chi connectivity index (χ2v) is 8.10. The summed E-state index contributed by atoms with van der Waals surface area (Å²) < 4.78 is 44.8. The third kappa shape index (κ3) is 4.56. The predicted octanol–water partition coefficient (Wildman–Crippen LogP) is 3.56. The number of urea groups is 1. The summed E-state index contributed by atoms with van der Waals surface area (Å²) in [5.74, 6) is 0.575. The topological polar surface area (TPSA) is 104 Å². The maximum absolute atomic E-state index is 13.3. The molecule has 9 nitrogen and oxygen atoms in total. The first-order chi connectivity index (χ1) is 16.8. The number of halogens is 3. The van der Waals surface area contributed by atoms with Crippen LogP contribution in [-0.2, 0) is 6.18 Å². The number of amides is 2. The molecule has 2 aromatic heterocycles. The van der Waals surface area contributed by atoms with Gasteiger partial charge in [0.15, 0.2) is 5.82 Å². The number of nitrogens with zero attached hydrogens (tertiary/aromatic N) is 5. The number of nitrogens with one attached hydrogen (secondary N) is 1. The fraction of sp³-hybridized carbons (Fsp3) is 0.304. The number of fused-ring (bicyclic) bond motifs is 4. The zero-order valence-corrected chi connectivity index (χ0v) is 18.4. The van der Waals surface area contributed by atoms with E-state index in [2.05, 4.69) is 25.2 Å². The lowest BCUT2D eigenvalue weighted by Gasteiger charge is -2.35. The maximum Gasteiger partial charge on any atom is 0.416 e. The number of aliphatic hydroxyl groups is 1. The molecule has 1 fully saturated rings. The standard InChI is InChI=1S/C23H21F3N6O3/c24-23(25,26)15-3-1-2-14(12-15)17-4-5-18-20(28-17)32(16-7-9-31(18)13-16)22(34)30-19-6-8-27-21(29-19)35-11-10-33/h1-6,8,12,16,33H,7,9-11,13H2,(H,27,29,30,34)/t16-/m0/s1. The van der Waals surface area contributed by atoms with Crippen molar-refractivity contribution in [3.8, 4) is 17.3 Å². The Morgan fingerprint density at radius 3 is 2.86 bits per heavy atom. The van der Waals surface area contributed by atoms with E-state index in [9.17, 15) is 18.0 Å². The summed E-state index contributed by atoms with van der Waals surface area (Å²) in [5.41, 5.74) is 0.601. The van der Waals surface area contributed by atoms with Crippen LogP contribution in [0.3, 0.4) is 0 Å². The number of pyridine rings is 1. The van der Waals surface area contributed by atoms with Gasteiger partial charge in [-0.1, -0.05) is 12.1 Å². The molecule has 4 heterocycles. The number of anilines is 3. The van der Waals surface area contributed by atoms with Crippen LogP contribution in [0.15, 0.2) is 48.7 Å². The third-order valence-electron chi connectivity index (χ3n) is 5.85. The van der Waals surface area contributed by atoms with E-state index in [4.69, 9.17) is 9.84 Å². The van der Waals surface area contributed by atoms with Crippen LogP contribution >= 0.6 is 0 Å². The lowest BCUT2D eigenvalue weighted by Crippen LogP contribution is -2.48. The molecule has 0 unspecified atom stereocenters. The van der Waals surface area contributed by atoms with E-state index >= 15 is 0 Å². The monoisotopic (exact) mass is 486 g/mol. The van der Waals surface area contributed by atoms with Gasteiger partial charge in [-0.2, -0.15) is 18.2 Å². The van der Waals surface area contributed by atoms with Crippen molar-refractivity contribution in [3.05, 3.63) is 54.2 Å². The first kappa shape index (κ1) is 22.8.